The molecule has 1 aromatic heterocycles. The van der Waals surface area contributed by atoms with Gasteiger partial charge in [0.1, 0.15) is 5.82 Å². The van der Waals surface area contributed by atoms with Crippen LogP contribution in [0.1, 0.15) is 24.0 Å². The Balaban J connectivity index is 1.39. The summed E-state index contributed by atoms with van der Waals surface area (Å²) in [7, 11) is 0. The molecule has 1 fully saturated rings. The predicted molar refractivity (Wildman–Crippen MR) is 100 cm³/mol. The van der Waals surface area contributed by atoms with Gasteiger partial charge in [0, 0.05) is 31.4 Å². The molecule has 1 atom stereocenters. The fraction of sp³-hybridized carbons (Fsp3) is 0.500. The van der Waals surface area contributed by atoms with Crippen LogP contribution in [0.3, 0.4) is 0 Å². The smallest absolute Gasteiger partial charge is 0.223 e. The molecule has 1 aliphatic rings. The number of β-amino-alcohol motifs (C(OH)–C–C–N with tert-alkyl or cyclic N) is 1. The number of rotatable bonds is 7. The molecule has 1 amide bonds. The van der Waals surface area contributed by atoms with Crippen LogP contribution in [-0.2, 0) is 17.9 Å². The van der Waals surface area contributed by atoms with E-state index in [0.717, 1.165) is 31.5 Å². The number of halogens is 1. The molecule has 0 bridgehead atoms. The Bertz CT molecular complexity index is 742. The molecule has 2 heterocycles. The molecule has 0 spiro atoms. The number of aliphatic hydroxyl groups is 1. The maximum atomic E-state index is 13.6. The highest BCUT2D eigenvalue weighted by Gasteiger charge is 2.25. The van der Waals surface area contributed by atoms with Crippen LogP contribution in [-0.4, -0.2) is 51.4 Å². The predicted octanol–water partition coefficient (Wildman–Crippen LogP) is 1.72. The first-order valence-electron chi connectivity index (χ1n) is 9.42. The van der Waals surface area contributed by atoms with Gasteiger partial charge in [-0.25, -0.2) is 4.39 Å². The summed E-state index contributed by atoms with van der Waals surface area (Å²) in [6, 6.07) is 6.87. The van der Waals surface area contributed by atoms with Gasteiger partial charge in [0.05, 0.1) is 12.6 Å². The van der Waals surface area contributed by atoms with E-state index in [1.807, 2.05) is 18.3 Å². The Hall–Kier alpha value is -2.25. The number of hydrogen-bond donors (Lipinski definition) is 2. The molecule has 0 saturated carbocycles. The molecule has 6 nitrogen and oxygen atoms in total. The lowest BCUT2D eigenvalue weighted by atomic mass is 9.95. The van der Waals surface area contributed by atoms with Crippen molar-refractivity contribution in [2.75, 3.05) is 19.6 Å². The van der Waals surface area contributed by atoms with E-state index in [4.69, 9.17) is 0 Å². The van der Waals surface area contributed by atoms with Crippen molar-refractivity contribution >= 4 is 5.91 Å². The summed E-state index contributed by atoms with van der Waals surface area (Å²) in [4.78, 5) is 14.6. The average molecular weight is 374 g/mol. The van der Waals surface area contributed by atoms with E-state index in [2.05, 4.69) is 15.3 Å². The Morgan fingerprint density at radius 3 is 2.81 bits per heavy atom. The first kappa shape index (κ1) is 19.5. The van der Waals surface area contributed by atoms with Crippen LogP contribution in [0, 0.1) is 18.7 Å². The third-order valence-electron chi connectivity index (χ3n) is 5.09. The summed E-state index contributed by atoms with van der Waals surface area (Å²) in [5.74, 6) is -0.253. The van der Waals surface area contributed by atoms with Gasteiger partial charge in [0.2, 0.25) is 5.91 Å². The van der Waals surface area contributed by atoms with Crippen LogP contribution in [0.4, 0.5) is 4.39 Å². The van der Waals surface area contributed by atoms with Crippen molar-refractivity contribution in [2.45, 2.75) is 39.0 Å². The quantitative estimate of drug-likeness (QED) is 0.774. The van der Waals surface area contributed by atoms with E-state index in [1.165, 1.54) is 6.07 Å². The van der Waals surface area contributed by atoms with Crippen molar-refractivity contribution < 1.29 is 14.3 Å². The zero-order chi connectivity index (χ0) is 19.2. The Morgan fingerprint density at radius 2 is 2.15 bits per heavy atom. The Kier molecular flexibility index (Phi) is 6.58. The van der Waals surface area contributed by atoms with Crippen molar-refractivity contribution in [1.82, 2.24) is 20.0 Å². The number of nitrogens with zero attached hydrogens (tertiary/aromatic N) is 3. The van der Waals surface area contributed by atoms with Gasteiger partial charge in [-0.1, -0.05) is 12.1 Å². The summed E-state index contributed by atoms with van der Waals surface area (Å²) in [6.07, 6.45) is 4.58. The summed E-state index contributed by atoms with van der Waals surface area (Å²) in [6.45, 7) is 4.69. The standard InChI is InChI=1S/C20H27FN4O2/c1-15-3-4-16(11-19(15)21)12-22-20(27)17-5-9-24(10-6-17)13-18(26)14-25-8-2-7-23-25/h2-4,7-8,11,17-18,26H,5-6,9-10,12-14H2,1H3,(H,22,27)/t18-/m0/s1. The molecule has 1 aliphatic heterocycles. The minimum Gasteiger partial charge on any atom is -0.390 e. The van der Waals surface area contributed by atoms with Crippen molar-refractivity contribution in [3.8, 4) is 0 Å². The second-order valence-electron chi connectivity index (χ2n) is 7.26. The van der Waals surface area contributed by atoms with E-state index in [1.54, 1.807) is 23.9 Å². The van der Waals surface area contributed by atoms with E-state index in [0.29, 0.717) is 25.2 Å². The van der Waals surface area contributed by atoms with Gasteiger partial charge in [-0.05, 0) is 56.1 Å². The van der Waals surface area contributed by atoms with Crippen LogP contribution in [0.2, 0.25) is 0 Å². The molecular weight excluding hydrogens is 347 g/mol. The summed E-state index contributed by atoms with van der Waals surface area (Å²) in [5.41, 5.74) is 1.37. The summed E-state index contributed by atoms with van der Waals surface area (Å²) >= 11 is 0. The number of carbonyl (C=O) groups is 1. The number of likely N-dealkylation sites (tertiary alicyclic amines) is 1. The molecule has 0 unspecified atom stereocenters. The monoisotopic (exact) mass is 374 g/mol. The fourth-order valence-electron chi connectivity index (χ4n) is 3.44. The second-order valence-corrected chi connectivity index (χ2v) is 7.26. The van der Waals surface area contributed by atoms with E-state index >= 15 is 0 Å². The molecule has 7 heteroatoms. The molecule has 0 radical (unpaired) electrons. The molecule has 2 aromatic rings. The number of carbonyl (C=O) groups excluding carboxylic acids is 1. The van der Waals surface area contributed by atoms with E-state index in [9.17, 15) is 14.3 Å². The Labute approximate surface area is 159 Å². The number of hydrogen-bond acceptors (Lipinski definition) is 4. The summed E-state index contributed by atoms with van der Waals surface area (Å²) < 4.78 is 15.3. The van der Waals surface area contributed by atoms with E-state index in [-0.39, 0.29) is 17.6 Å². The van der Waals surface area contributed by atoms with Gasteiger partial charge in [-0.15, -0.1) is 0 Å². The molecule has 146 valence electrons. The number of amides is 1. The molecule has 27 heavy (non-hydrogen) atoms. The van der Waals surface area contributed by atoms with Gasteiger partial charge < -0.3 is 15.3 Å². The lowest BCUT2D eigenvalue weighted by Gasteiger charge is -2.32. The minimum atomic E-state index is -0.480. The average Bonchev–Trinajstić information content (AvgIpc) is 3.16. The highest BCUT2D eigenvalue weighted by molar-refractivity contribution is 5.78. The van der Waals surface area contributed by atoms with Crippen molar-refractivity contribution in [1.29, 1.82) is 0 Å². The van der Waals surface area contributed by atoms with Gasteiger partial charge in [-0.2, -0.15) is 5.10 Å². The molecule has 1 aromatic carbocycles. The number of piperidine rings is 1. The topological polar surface area (TPSA) is 70.4 Å². The number of nitrogens with one attached hydrogen (secondary N) is 1. The van der Waals surface area contributed by atoms with Crippen LogP contribution in [0.15, 0.2) is 36.7 Å². The highest BCUT2D eigenvalue weighted by Crippen LogP contribution is 2.18. The first-order chi connectivity index (χ1) is 13.0. The molecule has 0 aliphatic carbocycles. The van der Waals surface area contributed by atoms with Gasteiger partial charge in [0.15, 0.2) is 0 Å². The first-order valence-corrected chi connectivity index (χ1v) is 9.42. The SMILES string of the molecule is Cc1ccc(CNC(=O)C2CCN(C[C@H](O)Cn3cccn3)CC2)cc1F. The van der Waals surface area contributed by atoms with E-state index < -0.39 is 6.10 Å². The lowest BCUT2D eigenvalue weighted by molar-refractivity contribution is -0.126. The highest BCUT2D eigenvalue weighted by atomic mass is 19.1. The van der Waals surface area contributed by atoms with Gasteiger partial charge in [-0.3, -0.25) is 9.48 Å². The summed E-state index contributed by atoms with van der Waals surface area (Å²) in [5, 5.41) is 17.2. The van der Waals surface area contributed by atoms with Crippen molar-refractivity contribution in [3.05, 3.63) is 53.6 Å². The number of aromatic nitrogens is 2. The van der Waals surface area contributed by atoms with Crippen molar-refractivity contribution in [3.63, 3.8) is 0 Å². The fourth-order valence-corrected chi connectivity index (χ4v) is 3.44. The largest absolute Gasteiger partial charge is 0.390 e. The number of benzene rings is 1. The minimum absolute atomic E-state index is 0.0210. The maximum absolute atomic E-state index is 13.6. The van der Waals surface area contributed by atoms with Crippen LogP contribution >= 0.6 is 0 Å². The van der Waals surface area contributed by atoms with Gasteiger partial charge in [0.25, 0.3) is 0 Å². The second kappa shape index (κ2) is 9.10. The zero-order valence-electron chi connectivity index (χ0n) is 15.6. The Morgan fingerprint density at radius 1 is 1.37 bits per heavy atom. The number of aryl methyl sites for hydroxylation is 1. The maximum Gasteiger partial charge on any atom is 0.223 e. The molecule has 2 N–H and O–H groups in total. The molecular formula is C20H27FN4O2. The zero-order valence-corrected chi connectivity index (χ0v) is 15.6. The van der Waals surface area contributed by atoms with Crippen molar-refractivity contribution in [2.24, 2.45) is 5.92 Å². The van der Waals surface area contributed by atoms with Gasteiger partial charge >= 0.3 is 0 Å². The number of aliphatic hydroxyl groups excluding tert-OH is 1. The van der Waals surface area contributed by atoms with Crippen LogP contribution in [0.25, 0.3) is 0 Å². The van der Waals surface area contributed by atoms with Crippen LogP contribution < -0.4 is 5.32 Å². The normalized spacial score (nSPS) is 17.0. The third-order valence-corrected chi connectivity index (χ3v) is 5.09. The molecule has 1 saturated heterocycles. The van der Waals surface area contributed by atoms with Crippen LogP contribution in [0.5, 0.6) is 0 Å². The molecule has 3 rings (SSSR count). The third kappa shape index (κ3) is 5.61. The lowest BCUT2D eigenvalue weighted by Crippen LogP contribution is -2.43.